The van der Waals surface area contributed by atoms with Crippen LogP contribution < -0.4 is 5.32 Å². The molecule has 0 aliphatic heterocycles. The Morgan fingerprint density at radius 2 is 1.67 bits per heavy atom. The van der Waals surface area contributed by atoms with E-state index >= 15 is 0 Å². The molecule has 0 unspecified atom stereocenters. The average Bonchev–Trinajstić information content (AvgIpc) is 3.25. The smallest absolute Gasteiger partial charge is 0.322 e. The fourth-order valence-electron chi connectivity index (χ4n) is 3.59. The molecule has 186 valence electrons. The van der Waals surface area contributed by atoms with Gasteiger partial charge in [-0.3, -0.25) is 9.48 Å². The van der Waals surface area contributed by atoms with Crippen LogP contribution in [0, 0.1) is 0 Å². The highest BCUT2D eigenvalue weighted by Gasteiger charge is 2.30. The number of hydrogen-bond acceptors (Lipinski definition) is 4. The van der Waals surface area contributed by atoms with Crippen molar-refractivity contribution < 1.29 is 26.4 Å². The highest BCUT2D eigenvalue weighted by molar-refractivity contribution is 7.90. The predicted octanol–water partition coefficient (Wildman–Crippen LogP) is 6.08. The molecule has 11 heteroatoms. The van der Waals surface area contributed by atoms with Gasteiger partial charge in [-0.1, -0.05) is 23.7 Å². The van der Waals surface area contributed by atoms with Crippen LogP contribution in [0.25, 0.3) is 22.4 Å². The van der Waals surface area contributed by atoms with Gasteiger partial charge in [-0.05, 0) is 65.7 Å². The lowest BCUT2D eigenvalue weighted by Gasteiger charge is -2.14. The maximum absolute atomic E-state index is 13.2. The van der Waals surface area contributed by atoms with E-state index in [0.29, 0.717) is 22.0 Å². The molecular formula is C25H19ClF3N3O3S. The van der Waals surface area contributed by atoms with Crippen molar-refractivity contribution in [2.24, 2.45) is 7.05 Å². The first kappa shape index (κ1) is 25.5. The summed E-state index contributed by atoms with van der Waals surface area (Å²) in [6.07, 6.45) is -1.78. The molecule has 1 N–H and O–H groups in total. The first-order valence-electron chi connectivity index (χ1n) is 10.5. The van der Waals surface area contributed by atoms with Crippen molar-refractivity contribution in [2.45, 2.75) is 11.1 Å². The van der Waals surface area contributed by atoms with E-state index in [2.05, 4.69) is 10.4 Å². The number of aryl methyl sites for hydroxylation is 1. The summed E-state index contributed by atoms with van der Waals surface area (Å²) in [5, 5.41) is 7.48. The quantitative estimate of drug-likeness (QED) is 0.337. The Bertz CT molecular complexity index is 1560. The Morgan fingerprint density at radius 1 is 0.972 bits per heavy atom. The summed E-state index contributed by atoms with van der Waals surface area (Å²) in [7, 11) is -1.88. The molecule has 0 spiro atoms. The number of nitrogens with zero attached hydrogens (tertiary/aromatic N) is 2. The number of alkyl halides is 3. The van der Waals surface area contributed by atoms with Gasteiger partial charge < -0.3 is 5.32 Å². The van der Waals surface area contributed by atoms with Gasteiger partial charge in [0.1, 0.15) is 0 Å². The van der Waals surface area contributed by atoms with Crippen LogP contribution in [0.2, 0.25) is 5.02 Å². The normalized spacial score (nSPS) is 11.9. The van der Waals surface area contributed by atoms with Crippen molar-refractivity contribution in [2.75, 3.05) is 11.6 Å². The second-order valence-corrected chi connectivity index (χ2v) is 10.5. The number of anilines is 1. The monoisotopic (exact) mass is 533 g/mol. The van der Waals surface area contributed by atoms with Gasteiger partial charge in [0.25, 0.3) is 5.91 Å². The van der Waals surface area contributed by atoms with Crippen molar-refractivity contribution >= 4 is 33.0 Å². The molecular weight excluding hydrogens is 515 g/mol. The Kier molecular flexibility index (Phi) is 6.68. The van der Waals surface area contributed by atoms with Gasteiger partial charge >= 0.3 is 6.18 Å². The second-order valence-electron chi connectivity index (χ2n) is 8.08. The third-order valence-electron chi connectivity index (χ3n) is 5.40. The third kappa shape index (κ3) is 5.44. The number of carbonyl (C=O) groups excluding carboxylic acids is 1. The maximum atomic E-state index is 13.2. The fourth-order valence-corrected chi connectivity index (χ4v) is 4.45. The number of carbonyl (C=O) groups is 1. The van der Waals surface area contributed by atoms with Crippen molar-refractivity contribution in [1.29, 1.82) is 0 Å². The van der Waals surface area contributed by atoms with E-state index in [1.54, 1.807) is 42.2 Å². The molecule has 0 saturated heterocycles. The number of amides is 1. The summed E-state index contributed by atoms with van der Waals surface area (Å²) in [5.74, 6) is -0.584. The molecule has 0 atom stereocenters. The number of rotatable bonds is 5. The lowest BCUT2D eigenvalue weighted by Crippen LogP contribution is -2.14. The van der Waals surface area contributed by atoms with Crippen molar-refractivity contribution in [3.05, 3.63) is 89.1 Å². The Morgan fingerprint density at radius 3 is 2.25 bits per heavy atom. The molecule has 0 aliphatic rings. The van der Waals surface area contributed by atoms with Crippen LogP contribution in [-0.2, 0) is 23.1 Å². The molecule has 3 aromatic carbocycles. The SMILES string of the molecule is Cn1ccc(-c2cc(NC(=O)c3ccc(S(C)(=O)=O)cc3-c3ccc(C(F)(F)F)cc3)ccc2Cl)n1. The van der Waals surface area contributed by atoms with Crippen molar-refractivity contribution in [3.63, 3.8) is 0 Å². The van der Waals surface area contributed by atoms with E-state index < -0.39 is 27.5 Å². The van der Waals surface area contributed by atoms with Crippen molar-refractivity contribution in [3.8, 4) is 22.4 Å². The zero-order valence-electron chi connectivity index (χ0n) is 19.0. The molecule has 0 radical (unpaired) electrons. The van der Waals surface area contributed by atoms with Crippen LogP contribution in [0.5, 0.6) is 0 Å². The van der Waals surface area contributed by atoms with E-state index in [-0.39, 0.29) is 21.6 Å². The zero-order chi connectivity index (χ0) is 26.3. The summed E-state index contributed by atoms with van der Waals surface area (Å²) in [6.45, 7) is 0. The fraction of sp³-hybridized carbons (Fsp3) is 0.120. The van der Waals surface area contributed by atoms with Gasteiger partial charge in [0.05, 0.1) is 21.2 Å². The van der Waals surface area contributed by atoms with Gasteiger partial charge in [0.15, 0.2) is 9.84 Å². The topological polar surface area (TPSA) is 81.1 Å². The summed E-state index contributed by atoms with van der Waals surface area (Å²) in [6, 6.07) is 14.6. The number of aromatic nitrogens is 2. The molecule has 0 bridgehead atoms. The van der Waals surface area contributed by atoms with Gasteiger partial charge in [-0.25, -0.2) is 8.42 Å². The van der Waals surface area contributed by atoms with Gasteiger partial charge in [-0.15, -0.1) is 0 Å². The summed E-state index contributed by atoms with van der Waals surface area (Å²) >= 11 is 6.30. The minimum atomic E-state index is -4.53. The van der Waals surface area contributed by atoms with Crippen LogP contribution in [0.3, 0.4) is 0 Å². The largest absolute Gasteiger partial charge is 0.416 e. The van der Waals surface area contributed by atoms with Gasteiger partial charge in [-0.2, -0.15) is 18.3 Å². The van der Waals surface area contributed by atoms with E-state index in [0.717, 1.165) is 18.4 Å². The van der Waals surface area contributed by atoms with Crippen LogP contribution in [-0.4, -0.2) is 30.4 Å². The summed E-state index contributed by atoms with van der Waals surface area (Å²) in [5.41, 5.74) is 1.23. The van der Waals surface area contributed by atoms with Crippen LogP contribution in [0.15, 0.2) is 77.8 Å². The molecule has 4 aromatic rings. The number of halogens is 4. The van der Waals surface area contributed by atoms with Crippen molar-refractivity contribution in [1.82, 2.24) is 9.78 Å². The highest BCUT2D eigenvalue weighted by Crippen LogP contribution is 2.34. The van der Waals surface area contributed by atoms with E-state index in [1.165, 1.54) is 30.3 Å². The lowest BCUT2D eigenvalue weighted by atomic mass is 9.98. The lowest BCUT2D eigenvalue weighted by molar-refractivity contribution is -0.137. The summed E-state index contributed by atoms with van der Waals surface area (Å²) in [4.78, 5) is 13.2. The minimum absolute atomic E-state index is 0.0714. The van der Waals surface area contributed by atoms with E-state index in [4.69, 9.17) is 11.6 Å². The number of nitrogens with one attached hydrogen (secondary N) is 1. The van der Waals surface area contributed by atoms with Crippen LogP contribution in [0.4, 0.5) is 18.9 Å². The first-order valence-corrected chi connectivity index (χ1v) is 12.7. The summed E-state index contributed by atoms with van der Waals surface area (Å²) < 4.78 is 64.9. The molecule has 4 rings (SSSR count). The zero-order valence-corrected chi connectivity index (χ0v) is 20.5. The number of hydrogen-bond donors (Lipinski definition) is 1. The molecule has 0 aliphatic carbocycles. The standard InChI is InChI=1S/C25H19ClF3N3O3S/c1-32-12-11-23(31-32)21-13-17(7-10-22(21)26)30-24(33)19-9-8-18(36(2,34)35)14-20(19)15-3-5-16(6-4-15)25(27,28)29/h3-14H,1-2H3,(H,30,33). The minimum Gasteiger partial charge on any atom is -0.322 e. The molecule has 36 heavy (non-hydrogen) atoms. The first-order chi connectivity index (χ1) is 16.8. The van der Waals surface area contributed by atoms with E-state index in [9.17, 15) is 26.4 Å². The number of sulfone groups is 1. The average molecular weight is 534 g/mol. The molecule has 6 nitrogen and oxygen atoms in total. The number of benzene rings is 3. The molecule has 1 amide bonds. The Labute approximate surface area is 210 Å². The van der Waals surface area contributed by atoms with Gasteiger partial charge in [0, 0.05) is 36.3 Å². The van der Waals surface area contributed by atoms with Crippen LogP contribution in [0.1, 0.15) is 15.9 Å². The van der Waals surface area contributed by atoms with Gasteiger partial charge in [0.2, 0.25) is 0 Å². The maximum Gasteiger partial charge on any atom is 0.416 e. The predicted molar refractivity (Wildman–Crippen MR) is 132 cm³/mol. The molecule has 0 fully saturated rings. The third-order valence-corrected chi connectivity index (χ3v) is 6.84. The highest BCUT2D eigenvalue weighted by atomic mass is 35.5. The van der Waals surface area contributed by atoms with E-state index in [1.807, 2.05) is 0 Å². The second kappa shape index (κ2) is 9.44. The molecule has 0 saturated carbocycles. The Hall–Kier alpha value is -3.63. The Balaban J connectivity index is 1.74. The van der Waals surface area contributed by atoms with Crippen LogP contribution >= 0.6 is 11.6 Å². The molecule has 1 heterocycles. The molecule has 1 aromatic heterocycles.